The van der Waals surface area contributed by atoms with Crippen molar-refractivity contribution in [1.82, 2.24) is 0 Å². The number of amides is 1. The van der Waals surface area contributed by atoms with E-state index in [0.717, 1.165) is 4.90 Å². The van der Waals surface area contributed by atoms with Crippen LogP contribution in [0.4, 0.5) is 10.5 Å². The highest BCUT2D eigenvalue weighted by Crippen LogP contribution is 2.21. The predicted octanol–water partition coefficient (Wildman–Crippen LogP) is 0.426. The van der Waals surface area contributed by atoms with Gasteiger partial charge < -0.3 is 19.0 Å². The second kappa shape index (κ2) is 5.23. The molecule has 0 saturated carbocycles. The van der Waals surface area contributed by atoms with E-state index in [0.29, 0.717) is 5.69 Å². The minimum Gasteiger partial charge on any atom is -0.530 e. The fourth-order valence-corrected chi connectivity index (χ4v) is 1.75. The summed E-state index contributed by atoms with van der Waals surface area (Å²) in [6.07, 6.45) is -1.37. The highest BCUT2D eigenvalue weighted by Gasteiger charge is 2.12. The highest BCUT2D eigenvalue weighted by atomic mass is 32.3. The Kier molecular flexibility index (Phi) is 4.15. The monoisotopic (exact) mass is 274 g/mol. The normalized spacial score (nSPS) is 11.3. The molecule has 0 radical (unpaired) electrons. The van der Waals surface area contributed by atoms with Gasteiger partial charge in [0.05, 0.1) is 0 Å². The fraction of sp³-hybridized carbons (Fsp3) is 0.300. The van der Waals surface area contributed by atoms with Crippen LogP contribution in [0, 0.1) is 0 Å². The standard InChI is InChI=1S/C10H13NO6S/c1-7(2)11(10(12)13)8-3-5-9(6-4-8)17-18(14,15)16/h3-7H,1-2H3,(H,12,13)(H,14,15,16)/p-1. The highest BCUT2D eigenvalue weighted by molar-refractivity contribution is 7.81. The average Bonchev–Trinajstić information content (AvgIpc) is 2.17. The number of hydrogen-bond acceptors (Lipinski definition) is 5. The number of carbonyl (C=O) groups excluding carboxylic acids is 1. The van der Waals surface area contributed by atoms with E-state index in [-0.39, 0.29) is 11.8 Å². The number of carbonyl (C=O) groups is 1. The van der Waals surface area contributed by atoms with Gasteiger partial charge in [0.2, 0.25) is 0 Å². The first-order chi connectivity index (χ1) is 8.20. The second-order valence-corrected chi connectivity index (χ2v) is 4.76. The van der Waals surface area contributed by atoms with Gasteiger partial charge in [-0.05, 0) is 38.1 Å². The van der Waals surface area contributed by atoms with E-state index in [1.54, 1.807) is 13.8 Å². The predicted molar refractivity (Wildman–Crippen MR) is 61.6 cm³/mol. The van der Waals surface area contributed by atoms with Crippen LogP contribution >= 0.6 is 0 Å². The molecule has 18 heavy (non-hydrogen) atoms. The molecule has 1 amide bonds. The zero-order chi connectivity index (χ0) is 13.9. The summed E-state index contributed by atoms with van der Waals surface area (Å²) in [4.78, 5) is 11.9. The Hall–Kier alpha value is -1.80. The number of benzene rings is 1. The van der Waals surface area contributed by atoms with Gasteiger partial charge >= 0.3 is 10.4 Å². The van der Waals surface area contributed by atoms with Crippen molar-refractivity contribution in [1.29, 1.82) is 0 Å². The van der Waals surface area contributed by atoms with Crippen molar-refractivity contribution in [3.05, 3.63) is 24.3 Å². The van der Waals surface area contributed by atoms with Gasteiger partial charge in [-0.3, -0.25) is 4.55 Å². The molecular formula is C10H12NO6S-. The minimum atomic E-state index is -4.59. The van der Waals surface area contributed by atoms with Crippen LogP contribution in [0.5, 0.6) is 5.75 Å². The Balaban J connectivity index is 2.98. The fourth-order valence-electron chi connectivity index (χ4n) is 1.40. The molecule has 0 saturated heterocycles. The van der Waals surface area contributed by atoms with Gasteiger partial charge in [-0.2, -0.15) is 8.42 Å². The zero-order valence-corrected chi connectivity index (χ0v) is 10.5. The van der Waals surface area contributed by atoms with Crippen molar-refractivity contribution in [3.63, 3.8) is 0 Å². The smallest absolute Gasteiger partial charge is 0.446 e. The lowest BCUT2D eigenvalue weighted by Gasteiger charge is -2.29. The second-order valence-electron chi connectivity index (χ2n) is 3.73. The van der Waals surface area contributed by atoms with Crippen LogP contribution in [-0.2, 0) is 10.4 Å². The number of rotatable bonds is 4. The number of hydrogen-bond donors (Lipinski definition) is 1. The molecule has 100 valence electrons. The lowest BCUT2D eigenvalue weighted by molar-refractivity contribution is -0.247. The molecule has 8 heteroatoms. The summed E-state index contributed by atoms with van der Waals surface area (Å²) in [5.41, 5.74) is 0.313. The van der Waals surface area contributed by atoms with Crippen molar-refractivity contribution in [2.24, 2.45) is 0 Å². The van der Waals surface area contributed by atoms with E-state index < -0.39 is 16.5 Å². The van der Waals surface area contributed by atoms with Crippen LogP contribution in [-0.4, -0.2) is 25.1 Å². The van der Waals surface area contributed by atoms with Gasteiger partial charge in [0.25, 0.3) is 0 Å². The topological polar surface area (TPSA) is 107 Å². The van der Waals surface area contributed by atoms with Gasteiger partial charge in [0.15, 0.2) is 0 Å². The summed E-state index contributed by atoms with van der Waals surface area (Å²) in [7, 11) is -4.59. The maximum absolute atomic E-state index is 10.9. The Morgan fingerprint density at radius 2 is 1.83 bits per heavy atom. The number of anilines is 1. The lowest BCUT2D eigenvalue weighted by Crippen LogP contribution is -2.45. The molecule has 0 unspecified atom stereocenters. The van der Waals surface area contributed by atoms with E-state index >= 15 is 0 Å². The van der Waals surface area contributed by atoms with Crippen LogP contribution in [0.2, 0.25) is 0 Å². The van der Waals surface area contributed by atoms with Gasteiger partial charge in [0, 0.05) is 11.7 Å². The van der Waals surface area contributed by atoms with Crippen molar-refractivity contribution in [3.8, 4) is 5.75 Å². The van der Waals surface area contributed by atoms with Gasteiger partial charge in [0.1, 0.15) is 11.8 Å². The third-order valence-corrected chi connectivity index (χ3v) is 2.43. The Morgan fingerprint density at radius 3 is 2.17 bits per heavy atom. The number of carboxylic acid groups (broad SMARTS) is 1. The molecule has 0 aliphatic heterocycles. The summed E-state index contributed by atoms with van der Waals surface area (Å²) < 4.78 is 33.6. The van der Waals surface area contributed by atoms with Crippen molar-refractivity contribution in [2.45, 2.75) is 19.9 Å². The summed E-state index contributed by atoms with van der Waals surface area (Å²) in [6, 6.07) is 4.80. The van der Waals surface area contributed by atoms with Crippen molar-refractivity contribution in [2.75, 3.05) is 4.90 Å². The molecule has 1 rings (SSSR count). The van der Waals surface area contributed by atoms with E-state index in [4.69, 9.17) is 4.55 Å². The molecule has 0 atom stereocenters. The maximum atomic E-state index is 10.9. The van der Waals surface area contributed by atoms with E-state index in [1.165, 1.54) is 24.3 Å². The number of nitrogens with zero attached hydrogens (tertiary/aromatic N) is 1. The first-order valence-electron chi connectivity index (χ1n) is 4.98. The lowest BCUT2D eigenvalue weighted by atomic mass is 10.2. The minimum absolute atomic E-state index is 0.122. The van der Waals surface area contributed by atoms with Crippen LogP contribution in [0.15, 0.2) is 24.3 Å². The molecular weight excluding hydrogens is 262 g/mol. The molecule has 0 aliphatic carbocycles. The molecule has 7 nitrogen and oxygen atoms in total. The zero-order valence-electron chi connectivity index (χ0n) is 9.73. The summed E-state index contributed by atoms with van der Waals surface area (Å²) in [6.45, 7) is 3.33. The first-order valence-corrected chi connectivity index (χ1v) is 6.34. The summed E-state index contributed by atoms with van der Waals surface area (Å²) >= 11 is 0. The molecule has 0 aromatic heterocycles. The van der Waals surface area contributed by atoms with Crippen LogP contribution in [0.1, 0.15) is 13.8 Å². The largest absolute Gasteiger partial charge is 0.530 e. The quantitative estimate of drug-likeness (QED) is 0.798. The molecule has 1 aromatic rings. The maximum Gasteiger partial charge on any atom is 0.446 e. The van der Waals surface area contributed by atoms with E-state index in [2.05, 4.69) is 4.18 Å². The van der Waals surface area contributed by atoms with Crippen molar-refractivity contribution >= 4 is 22.2 Å². The Morgan fingerprint density at radius 1 is 1.33 bits per heavy atom. The Labute approximate surface area is 105 Å². The molecule has 1 aromatic carbocycles. The van der Waals surface area contributed by atoms with Gasteiger partial charge in [-0.1, -0.05) is 0 Å². The van der Waals surface area contributed by atoms with E-state index in [9.17, 15) is 18.3 Å². The van der Waals surface area contributed by atoms with Gasteiger partial charge in [-0.25, -0.2) is 0 Å². The third-order valence-electron chi connectivity index (χ3n) is 2.03. The molecule has 0 aliphatic rings. The molecule has 0 bridgehead atoms. The molecule has 0 fully saturated rings. The van der Waals surface area contributed by atoms with Crippen LogP contribution in [0.25, 0.3) is 0 Å². The first kappa shape index (κ1) is 14.3. The van der Waals surface area contributed by atoms with Crippen LogP contribution < -0.4 is 14.2 Å². The van der Waals surface area contributed by atoms with E-state index in [1.807, 2.05) is 0 Å². The molecule has 0 spiro atoms. The average molecular weight is 274 g/mol. The molecule has 0 heterocycles. The van der Waals surface area contributed by atoms with Crippen molar-refractivity contribution < 1.29 is 27.1 Å². The molecule has 1 N–H and O–H groups in total. The summed E-state index contributed by atoms with van der Waals surface area (Å²) in [5.74, 6) is -0.122. The summed E-state index contributed by atoms with van der Waals surface area (Å²) in [5, 5.41) is 10.9. The Bertz CT molecular complexity index is 522. The van der Waals surface area contributed by atoms with Gasteiger partial charge in [-0.15, -0.1) is 0 Å². The van der Waals surface area contributed by atoms with Crippen LogP contribution in [0.3, 0.4) is 0 Å². The SMILES string of the molecule is CC(C)N(C(=O)[O-])c1ccc(OS(=O)(=O)O)cc1. The third kappa shape index (κ3) is 3.90.